The second-order valence-corrected chi connectivity index (χ2v) is 5.44. The maximum absolute atomic E-state index is 13.5. The van der Waals surface area contributed by atoms with Crippen LogP contribution >= 0.6 is 11.8 Å². The Morgan fingerprint density at radius 2 is 1.95 bits per heavy atom. The number of anilines is 2. The normalized spacial score (nSPS) is 10.3. The van der Waals surface area contributed by atoms with Crippen LogP contribution in [0.5, 0.6) is 0 Å². The fraction of sp³-hybridized carbons (Fsp3) is 0.133. The van der Waals surface area contributed by atoms with E-state index < -0.39 is 5.82 Å². The Balaban J connectivity index is 1.92. The molecule has 0 saturated heterocycles. The molecule has 5 heteroatoms. The van der Waals surface area contributed by atoms with Crippen molar-refractivity contribution >= 4 is 29.0 Å². The number of hydrogen-bond acceptors (Lipinski definition) is 3. The van der Waals surface area contributed by atoms with Crippen molar-refractivity contribution in [3.05, 3.63) is 53.8 Å². The number of carbonyl (C=O) groups excluding carboxylic acids is 1. The van der Waals surface area contributed by atoms with Gasteiger partial charge in [0.05, 0.1) is 11.4 Å². The smallest absolute Gasteiger partial charge is 0.234 e. The minimum atomic E-state index is -0.493. The second-order valence-electron chi connectivity index (χ2n) is 4.39. The van der Waals surface area contributed by atoms with Gasteiger partial charge in [-0.15, -0.1) is 11.8 Å². The third-order valence-corrected chi connectivity index (χ3v) is 3.67. The van der Waals surface area contributed by atoms with Crippen LogP contribution in [0.4, 0.5) is 15.8 Å². The number of benzene rings is 2. The number of hydrogen-bond donors (Lipinski definition) is 2. The maximum atomic E-state index is 13.5. The first-order chi connectivity index (χ1) is 9.54. The number of thioether (sulfide) groups is 1. The number of amides is 1. The summed E-state index contributed by atoms with van der Waals surface area (Å²) in [5.41, 5.74) is 7.25. The number of nitrogens with one attached hydrogen (secondary N) is 1. The average molecular weight is 290 g/mol. The molecule has 1 amide bonds. The molecule has 0 aliphatic rings. The van der Waals surface area contributed by atoms with E-state index in [0.29, 0.717) is 5.69 Å². The van der Waals surface area contributed by atoms with E-state index in [4.69, 9.17) is 5.73 Å². The summed E-state index contributed by atoms with van der Waals surface area (Å²) in [6.45, 7) is 2.00. The first-order valence-electron chi connectivity index (χ1n) is 6.09. The van der Waals surface area contributed by atoms with Crippen molar-refractivity contribution in [2.24, 2.45) is 0 Å². The fourth-order valence-electron chi connectivity index (χ4n) is 1.61. The van der Waals surface area contributed by atoms with Crippen molar-refractivity contribution in [1.29, 1.82) is 0 Å². The summed E-state index contributed by atoms with van der Waals surface area (Å²) in [6.07, 6.45) is 0. The van der Waals surface area contributed by atoms with Gasteiger partial charge >= 0.3 is 0 Å². The van der Waals surface area contributed by atoms with Gasteiger partial charge in [0.2, 0.25) is 5.91 Å². The molecule has 0 atom stereocenters. The zero-order chi connectivity index (χ0) is 14.5. The average Bonchev–Trinajstić information content (AvgIpc) is 2.42. The molecule has 0 aliphatic heterocycles. The highest BCUT2D eigenvalue weighted by molar-refractivity contribution is 8.00. The molecule has 0 radical (unpaired) electrons. The van der Waals surface area contributed by atoms with Crippen LogP contribution in [0.15, 0.2) is 47.4 Å². The van der Waals surface area contributed by atoms with Gasteiger partial charge in [-0.1, -0.05) is 17.7 Å². The van der Waals surface area contributed by atoms with E-state index in [1.807, 2.05) is 31.2 Å². The quantitative estimate of drug-likeness (QED) is 0.670. The minimum Gasteiger partial charge on any atom is -0.399 e. The highest BCUT2D eigenvalue weighted by atomic mass is 32.2. The molecule has 0 spiro atoms. The lowest BCUT2D eigenvalue weighted by molar-refractivity contribution is -0.113. The van der Waals surface area contributed by atoms with Crippen molar-refractivity contribution in [2.45, 2.75) is 11.8 Å². The third-order valence-electron chi connectivity index (χ3n) is 2.66. The minimum absolute atomic E-state index is 0.111. The van der Waals surface area contributed by atoms with E-state index >= 15 is 0 Å². The molecule has 0 fully saturated rings. The van der Waals surface area contributed by atoms with Gasteiger partial charge in [-0.3, -0.25) is 4.79 Å². The fourth-order valence-corrected chi connectivity index (χ4v) is 2.31. The number of aryl methyl sites for hydroxylation is 1. The van der Waals surface area contributed by atoms with Crippen LogP contribution in [0, 0.1) is 12.7 Å². The number of halogens is 1. The largest absolute Gasteiger partial charge is 0.399 e. The molecule has 2 rings (SSSR count). The van der Waals surface area contributed by atoms with Crippen LogP contribution in [0.25, 0.3) is 0 Å². The van der Waals surface area contributed by atoms with Crippen molar-refractivity contribution in [2.75, 3.05) is 16.8 Å². The van der Waals surface area contributed by atoms with Crippen molar-refractivity contribution in [3.63, 3.8) is 0 Å². The molecule has 3 nitrogen and oxygen atoms in total. The van der Waals surface area contributed by atoms with Crippen LogP contribution in [0.1, 0.15) is 5.56 Å². The third kappa shape index (κ3) is 3.99. The maximum Gasteiger partial charge on any atom is 0.234 e. The lowest BCUT2D eigenvalue weighted by Crippen LogP contribution is -2.15. The number of nitrogens with two attached hydrogens (primary N) is 1. The van der Waals surface area contributed by atoms with Gasteiger partial charge in [0.15, 0.2) is 0 Å². The van der Waals surface area contributed by atoms with Crippen LogP contribution in [0.2, 0.25) is 0 Å². The number of carbonyl (C=O) groups is 1. The summed E-state index contributed by atoms with van der Waals surface area (Å²) in [5.74, 6) is -0.537. The van der Waals surface area contributed by atoms with Crippen LogP contribution in [0.3, 0.4) is 0 Å². The predicted molar refractivity (Wildman–Crippen MR) is 81.3 cm³/mol. The summed E-state index contributed by atoms with van der Waals surface area (Å²) >= 11 is 1.40. The second kappa shape index (κ2) is 6.43. The van der Waals surface area contributed by atoms with Gasteiger partial charge in [-0.05, 0) is 37.3 Å². The van der Waals surface area contributed by atoms with Gasteiger partial charge in [-0.2, -0.15) is 0 Å². The molecule has 3 N–H and O–H groups in total. The predicted octanol–water partition coefficient (Wildman–Crippen LogP) is 3.45. The van der Waals surface area contributed by atoms with Gasteiger partial charge in [0.25, 0.3) is 0 Å². The summed E-state index contributed by atoms with van der Waals surface area (Å²) in [6, 6.07) is 12.0. The van der Waals surface area contributed by atoms with Crippen LogP contribution in [-0.2, 0) is 4.79 Å². The van der Waals surface area contributed by atoms with E-state index in [1.165, 1.54) is 35.5 Å². The zero-order valence-corrected chi connectivity index (χ0v) is 11.8. The Morgan fingerprint density at radius 1 is 1.25 bits per heavy atom. The van der Waals surface area contributed by atoms with Gasteiger partial charge in [0, 0.05) is 10.6 Å². The first-order valence-corrected chi connectivity index (χ1v) is 7.07. The molecule has 20 heavy (non-hydrogen) atoms. The molecule has 0 aromatic heterocycles. The Bertz CT molecular complexity index is 614. The van der Waals surface area contributed by atoms with Crippen molar-refractivity contribution in [3.8, 4) is 0 Å². The number of rotatable bonds is 4. The molecule has 0 heterocycles. The summed E-state index contributed by atoms with van der Waals surface area (Å²) in [4.78, 5) is 12.8. The van der Waals surface area contributed by atoms with Gasteiger partial charge in [0.1, 0.15) is 5.82 Å². The Hall–Kier alpha value is -2.01. The lowest BCUT2D eigenvalue weighted by Gasteiger charge is -2.07. The van der Waals surface area contributed by atoms with E-state index in [9.17, 15) is 9.18 Å². The van der Waals surface area contributed by atoms with E-state index in [-0.39, 0.29) is 17.3 Å². The molecular formula is C15H15FN2OS. The van der Waals surface area contributed by atoms with E-state index in [1.54, 1.807) is 0 Å². The molecule has 104 valence electrons. The molecule has 2 aromatic carbocycles. The Labute approximate surface area is 121 Å². The zero-order valence-electron chi connectivity index (χ0n) is 11.0. The highest BCUT2D eigenvalue weighted by Gasteiger charge is 2.08. The van der Waals surface area contributed by atoms with Crippen LogP contribution < -0.4 is 11.1 Å². The van der Waals surface area contributed by atoms with Gasteiger partial charge in [-0.25, -0.2) is 4.39 Å². The molecule has 0 bridgehead atoms. The molecule has 2 aromatic rings. The summed E-state index contributed by atoms with van der Waals surface area (Å²) in [5, 5.41) is 2.52. The monoisotopic (exact) mass is 290 g/mol. The Kier molecular flexibility index (Phi) is 4.63. The lowest BCUT2D eigenvalue weighted by atomic mass is 10.2. The highest BCUT2D eigenvalue weighted by Crippen LogP contribution is 2.20. The van der Waals surface area contributed by atoms with E-state index in [0.717, 1.165) is 4.90 Å². The number of nitrogen functional groups attached to an aromatic ring is 1. The van der Waals surface area contributed by atoms with E-state index in [2.05, 4.69) is 5.32 Å². The Morgan fingerprint density at radius 3 is 2.65 bits per heavy atom. The summed E-state index contributed by atoms with van der Waals surface area (Å²) < 4.78 is 13.5. The summed E-state index contributed by atoms with van der Waals surface area (Å²) in [7, 11) is 0. The van der Waals surface area contributed by atoms with Crippen molar-refractivity contribution < 1.29 is 9.18 Å². The van der Waals surface area contributed by atoms with Gasteiger partial charge < -0.3 is 11.1 Å². The molecule has 0 saturated carbocycles. The SMILES string of the molecule is Cc1ccc(SCC(=O)Nc2cc(N)ccc2F)cc1. The molecule has 0 unspecified atom stereocenters. The van der Waals surface area contributed by atoms with Crippen molar-refractivity contribution in [1.82, 2.24) is 0 Å². The molecular weight excluding hydrogens is 275 g/mol. The topological polar surface area (TPSA) is 55.1 Å². The first kappa shape index (κ1) is 14.4. The molecule has 0 aliphatic carbocycles. The van der Waals surface area contributed by atoms with Crippen LogP contribution in [-0.4, -0.2) is 11.7 Å². The standard InChI is InChI=1S/C15H15FN2OS/c1-10-2-5-12(6-3-10)20-9-15(19)18-14-8-11(17)4-7-13(14)16/h2-8H,9,17H2,1H3,(H,18,19).